The number of nitrogens with one attached hydrogen (secondary N) is 1. The molecule has 0 aliphatic carbocycles. The third kappa shape index (κ3) is 5.50. The lowest BCUT2D eigenvalue weighted by Gasteiger charge is -2.39. The van der Waals surface area contributed by atoms with Crippen LogP contribution in [0.4, 0.5) is 18.3 Å². The number of carbonyl (C=O) groups is 1. The SMILES string of the molecule is O=C(CN1CCN(C(c2ccccc2)c2ccccc2)CC1)Nc1nnc(C(F)(F)F)s1. The molecule has 168 valence electrons. The summed E-state index contributed by atoms with van der Waals surface area (Å²) < 4.78 is 37.9. The number of nitrogens with zero attached hydrogens (tertiary/aromatic N) is 4. The van der Waals surface area contributed by atoms with Gasteiger partial charge in [0.25, 0.3) is 0 Å². The number of aromatic nitrogens is 2. The average Bonchev–Trinajstić information content (AvgIpc) is 3.26. The van der Waals surface area contributed by atoms with Gasteiger partial charge in [-0.3, -0.25) is 19.9 Å². The van der Waals surface area contributed by atoms with Crippen molar-refractivity contribution in [1.82, 2.24) is 20.0 Å². The monoisotopic (exact) mass is 461 g/mol. The molecule has 1 fully saturated rings. The van der Waals surface area contributed by atoms with E-state index in [1.807, 2.05) is 41.3 Å². The normalized spacial score (nSPS) is 15.8. The second-order valence-electron chi connectivity index (χ2n) is 7.49. The molecule has 0 unspecified atom stereocenters. The van der Waals surface area contributed by atoms with Gasteiger partial charge >= 0.3 is 6.18 Å². The molecule has 0 atom stereocenters. The zero-order valence-corrected chi connectivity index (χ0v) is 17.9. The molecule has 2 aromatic carbocycles. The fourth-order valence-corrected chi connectivity index (χ4v) is 4.44. The van der Waals surface area contributed by atoms with Crippen LogP contribution in [0.1, 0.15) is 22.2 Å². The van der Waals surface area contributed by atoms with Gasteiger partial charge < -0.3 is 0 Å². The summed E-state index contributed by atoms with van der Waals surface area (Å²) in [6, 6.07) is 20.7. The molecule has 1 aromatic heterocycles. The molecular weight excluding hydrogens is 439 g/mol. The molecule has 4 rings (SSSR count). The number of anilines is 1. The lowest BCUT2D eigenvalue weighted by molar-refractivity contribution is -0.138. The van der Waals surface area contributed by atoms with Crippen molar-refractivity contribution < 1.29 is 18.0 Å². The van der Waals surface area contributed by atoms with Gasteiger partial charge in [-0.1, -0.05) is 72.0 Å². The summed E-state index contributed by atoms with van der Waals surface area (Å²) in [6.45, 7) is 2.97. The van der Waals surface area contributed by atoms with E-state index in [4.69, 9.17) is 0 Å². The van der Waals surface area contributed by atoms with E-state index in [-0.39, 0.29) is 17.7 Å². The Morgan fingerprint density at radius 2 is 1.50 bits per heavy atom. The molecular formula is C22H22F3N5OS. The summed E-state index contributed by atoms with van der Waals surface area (Å²) in [6.07, 6.45) is -4.56. The highest BCUT2D eigenvalue weighted by atomic mass is 32.1. The van der Waals surface area contributed by atoms with Gasteiger partial charge in [-0.05, 0) is 11.1 Å². The lowest BCUT2D eigenvalue weighted by atomic mass is 9.96. The van der Waals surface area contributed by atoms with E-state index in [9.17, 15) is 18.0 Å². The largest absolute Gasteiger partial charge is 0.445 e. The maximum absolute atomic E-state index is 12.6. The van der Waals surface area contributed by atoms with Crippen LogP contribution in [0.2, 0.25) is 0 Å². The first-order valence-corrected chi connectivity index (χ1v) is 11.0. The third-order valence-corrected chi connectivity index (χ3v) is 6.17. The Labute approximate surface area is 187 Å². The molecule has 10 heteroatoms. The van der Waals surface area contributed by atoms with E-state index >= 15 is 0 Å². The number of amides is 1. The molecule has 1 N–H and O–H groups in total. The molecule has 2 heterocycles. The van der Waals surface area contributed by atoms with E-state index in [1.165, 1.54) is 11.1 Å². The van der Waals surface area contributed by atoms with Crippen LogP contribution in [0.15, 0.2) is 60.7 Å². The lowest BCUT2D eigenvalue weighted by Crippen LogP contribution is -2.49. The molecule has 0 spiro atoms. The van der Waals surface area contributed by atoms with Gasteiger partial charge in [0.05, 0.1) is 12.6 Å². The Bertz CT molecular complexity index is 981. The summed E-state index contributed by atoms with van der Waals surface area (Å²) in [5, 5.41) is 7.69. The van der Waals surface area contributed by atoms with E-state index in [1.54, 1.807) is 0 Å². The molecule has 1 amide bonds. The van der Waals surface area contributed by atoms with Gasteiger partial charge in [-0.15, -0.1) is 10.2 Å². The molecule has 1 aliphatic rings. The van der Waals surface area contributed by atoms with Gasteiger partial charge in [-0.25, -0.2) is 0 Å². The molecule has 0 saturated carbocycles. The Morgan fingerprint density at radius 3 is 2.00 bits per heavy atom. The number of hydrogen-bond acceptors (Lipinski definition) is 6. The zero-order valence-electron chi connectivity index (χ0n) is 17.1. The van der Waals surface area contributed by atoms with E-state index in [0.29, 0.717) is 24.4 Å². The van der Waals surface area contributed by atoms with Gasteiger partial charge in [0.2, 0.25) is 16.0 Å². The fraction of sp³-hybridized carbons (Fsp3) is 0.318. The van der Waals surface area contributed by atoms with Crippen LogP contribution in [-0.2, 0) is 11.0 Å². The first-order chi connectivity index (χ1) is 15.4. The average molecular weight is 462 g/mol. The Kier molecular flexibility index (Phi) is 6.83. The van der Waals surface area contributed by atoms with E-state index < -0.39 is 17.1 Å². The molecule has 32 heavy (non-hydrogen) atoms. The fourth-order valence-electron chi connectivity index (χ4n) is 3.81. The number of hydrogen-bond donors (Lipinski definition) is 1. The quantitative estimate of drug-likeness (QED) is 0.603. The van der Waals surface area contributed by atoms with Crippen LogP contribution in [-0.4, -0.2) is 58.6 Å². The second-order valence-corrected chi connectivity index (χ2v) is 8.47. The zero-order chi connectivity index (χ0) is 22.6. The topological polar surface area (TPSA) is 61.4 Å². The Hall–Kier alpha value is -2.82. The van der Waals surface area contributed by atoms with Gasteiger partial charge in [-0.2, -0.15) is 13.2 Å². The predicted octanol–water partition coefficient (Wildman–Crippen LogP) is 3.90. The highest BCUT2D eigenvalue weighted by Crippen LogP contribution is 2.33. The number of halogens is 3. The summed E-state index contributed by atoms with van der Waals surface area (Å²) in [4.78, 5) is 16.7. The molecule has 0 bridgehead atoms. The van der Waals surface area contributed by atoms with Crippen molar-refractivity contribution in [2.24, 2.45) is 0 Å². The highest BCUT2D eigenvalue weighted by Gasteiger charge is 2.36. The Morgan fingerprint density at radius 1 is 0.938 bits per heavy atom. The van der Waals surface area contributed by atoms with Crippen molar-refractivity contribution in [3.05, 3.63) is 76.8 Å². The van der Waals surface area contributed by atoms with Gasteiger partial charge in [0.15, 0.2) is 0 Å². The maximum atomic E-state index is 12.6. The van der Waals surface area contributed by atoms with Crippen LogP contribution in [0.3, 0.4) is 0 Å². The smallest absolute Gasteiger partial charge is 0.299 e. The molecule has 1 aliphatic heterocycles. The van der Waals surface area contributed by atoms with Gasteiger partial charge in [0.1, 0.15) is 0 Å². The summed E-state index contributed by atoms with van der Waals surface area (Å²) in [7, 11) is 0. The molecule has 1 saturated heterocycles. The molecule has 0 radical (unpaired) electrons. The minimum absolute atomic E-state index is 0.0934. The summed E-state index contributed by atoms with van der Waals surface area (Å²) >= 11 is 0.324. The van der Waals surface area contributed by atoms with Crippen LogP contribution in [0.25, 0.3) is 0 Å². The van der Waals surface area contributed by atoms with Crippen LogP contribution in [0.5, 0.6) is 0 Å². The van der Waals surface area contributed by atoms with Gasteiger partial charge in [0, 0.05) is 26.2 Å². The number of benzene rings is 2. The van der Waals surface area contributed by atoms with Crippen molar-refractivity contribution in [2.45, 2.75) is 12.2 Å². The van der Waals surface area contributed by atoms with Crippen LogP contribution < -0.4 is 5.32 Å². The van der Waals surface area contributed by atoms with E-state index in [0.717, 1.165) is 13.1 Å². The second kappa shape index (κ2) is 9.76. The van der Waals surface area contributed by atoms with Crippen molar-refractivity contribution in [3.63, 3.8) is 0 Å². The minimum atomic E-state index is -4.56. The summed E-state index contributed by atoms with van der Waals surface area (Å²) in [5.74, 6) is -0.397. The highest BCUT2D eigenvalue weighted by molar-refractivity contribution is 7.15. The maximum Gasteiger partial charge on any atom is 0.445 e. The van der Waals surface area contributed by atoms with Crippen molar-refractivity contribution in [1.29, 1.82) is 0 Å². The van der Waals surface area contributed by atoms with Crippen LogP contribution in [0, 0.1) is 0 Å². The first kappa shape index (κ1) is 22.4. The van der Waals surface area contributed by atoms with Crippen molar-refractivity contribution in [2.75, 3.05) is 38.0 Å². The predicted molar refractivity (Wildman–Crippen MR) is 116 cm³/mol. The standard InChI is InChI=1S/C22H22F3N5OS/c23-22(24,25)20-27-28-21(32-20)26-18(31)15-29-11-13-30(14-12-29)19(16-7-3-1-4-8-16)17-9-5-2-6-10-17/h1-10,19H,11-15H2,(H,26,28,31). The van der Waals surface area contributed by atoms with Crippen LogP contribution >= 0.6 is 11.3 Å². The number of rotatable bonds is 6. The van der Waals surface area contributed by atoms with Crippen molar-refractivity contribution in [3.8, 4) is 0 Å². The number of piperazine rings is 1. The Balaban J connectivity index is 1.35. The molecule has 6 nitrogen and oxygen atoms in total. The first-order valence-electron chi connectivity index (χ1n) is 10.2. The summed E-state index contributed by atoms with van der Waals surface area (Å²) in [5.41, 5.74) is 2.42. The van der Waals surface area contributed by atoms with E-state index in [2.05, 4.69) is 44.7 Å². The minimum Gasteiger partial charge on any atom is -0.299 e. The van der Waals surface area contributed by atoms with Crippen molar-refractivity contribution >= 4 is 22.4 Å². The number of carbonyl (C=O) groups excluding carboxylic acids is 1. The number of alkyl halides is 3. The third-order valence-electron chi connectivity index (χ3n) is 5.28. The molecule has 3 aromatic rings.